The Morgan fingerprint density at radius 1 is 0.322 bits per heavy atom. The van der Waals surface area contributed by atoms with Crippen molar-refractivity contribution in [1.29, 1.82) is 0 Å². The summed E-state index contributed by atoms with van der Waals surface area (Å²) < 4.78 is 56.1. The summed E-state index contributed by atoms with van der Waals surface area (Å²) in [5, 5.41) is 169. The zero-order valence-corrected chi connectivity index (χ0v) is 31.2. The summed E-state index contributed by atoms with van der Waals surface area (Å²) in [6.45, 7) is -4.69. The average molecular weight is 872 g/mol. The van der Waals surface area contributed by atoms with Gasteiger partial charge in [0.25, 0.3) is 0 Å². The molecule has 10 unspecified atom stereocenters. The van der Waals surface area contributed by atoms with Crippen molar-refractivity contribution in [3.63, 3.8) is 0 Å². The maximum atomic E-state index is 11.5. The van der Waals surface area contributed by atoms with Gasteiger partial charge in [0.2, 0.25) is 0 Å². The molecule has 0 aromatic carbocycles. The number of hydrogen-bond donors (Lipinski definition) is 17. The van der Waals surface area contributed by atoms with Crippen molar-refractivity contribution < 1.29 is 129 Å². The summed E-state index contributed by atoms with van der Waals surface area (Å²) in [6.07, 6.45) is -46.9. The molecule has 5 saturated heterocycles. The van der Waals surface area contributed by atoms with Crippen LogP contribution < -0.4 is 5.73 Å². The topological polar surface area (TPSA) is 442 Å². The molecule has 5 heterocycles. The highest BCUT2D eigenvalue weighted by Crippen LogP contribution is 2.36. The van der Waals surface area contributed by atoms with Gasteiger partial charge in [-0.1, -0.05) is 0 Å². The molecule has 0 spiro atoms. The largest absolute Gasteiger partial charge is 0.394 e. The second-order valence-electron chi connectivity index (χ2n) is 14.6. The lowest BCUT2D eigenvalue weighted by atomic mass is 9.95. The summed E-state index contributed by atoms with van der Waals surface area (Å²) in [7, 11) is 0. The first-order chi connectivity index (χ1) is 28.1. The van der Waals surface area contributed by atoms with E-state index in [0.29, 0.717) is 0 Å². The standard InChI is InChI=1S/C32H57NO26/c33-1-2-50-28-22(48)24(16(42)11(6-37)51-28)56-30-23(49)25(17(43)12(7-38)53-30)57-31-27(20(46)15(41)9(4-35)54-31)59-32-26(19(45)14(40)10(5-36)55-32)58-29-21(47)18(44)13(39)8(3-34)52-29/h8-32,34-49H,1-7,33H2/t8?,9?,10?,11?,12?,13-,14-,15-,16-,17-,18+,19+,20+,21?,22?,23?,24+,25+,26?,27?,28+,29-,30-,31-,32-/m1/s1. The van der Waals surface area contributed by atoms with Crippen LogP contribution in [0.2, 0.25) is 0 Å². The summed E-state index contributed by atoms with van der Waals surface area (Å²) in [4.78, 5) is 0. The highest BCUT2D eigenvalue weighted by molar-refractivity contribution is 4.99. The molecule has 27 nitrogen and oxygen atoms in total. The van der Waals surface area contributed by atoms with E-state index in [1.807, 2.05) is 0 Å². The third kappa shape index (κ3) is 10.3. The SMILES string of the molecule is NCCO[C@H]1OC(CO)[C@@H](O)[C@H](O[C@H]2OC(CO)[C@@H](O)[C@H](O[C@H]3OC(CO)[C@@H](O)[C@H](O)C3O[C@H]3OC(CO)[C@@H](O)[C@H](O)C3O[C@H]3OC(CO)[C@@H](O)[C@H](O)C3O)C2O)C1O. The Hall–Kier alpha value is -1.08. The maximum absolute atomic E-state index is 11.5. The number of aliphatic hydroxyl groups excluding tert-OH is 16. The van der Waals surface area contributed by atoms with Crippen molar-refractivity contribution in [2.75, 3.05) is 46.2 Å². The number of rotatable bonds is 16. The fourth-order valence-corrected chi connectivity index (χ4v) is 7.28. The number of hydrogen-bond acceptors (Lipinski definition) is 27. The molecule has 0 aromatic heterocycles. The van der Waals surface area contributed by atoms with Gasteiger partial charge in [-0.3, -0.25) is 0 Å². The lowest BCUT2D eigenvalue weighted by Gasteiger charge is -2.50. The Balaban J connectivity index is 1.42. The summed E-state index contributed by atoms with van der Waals surface area (Å²) in [5.41, 5.74) is 5.46. The Bertz CT molecular complexity index is 1260. The molecule has 346 valence electrons. The number of ether oxygens (including phenoxy) is 10. The Labute approximate surface area is 334 Å². The first-order valence-corrected chi connectivity index (χ1v) is 18.8. The molecule has 0 saturated carbocycles. The van der Waals surface area contributed by atoms with E-state index in [2.05, 4.69) is 0 Å². The first-order valence-electron chi connectivity index (χ1n) is 18.8. The van der Waals surface area contributed by atoms with E-state index in [1.54, 1.807) is 0 Å². The van der Waals surface area contributed by atoms with Crippen LogP contribution in [0.1, 0.15) is 0 Å². The number of nitrogens with two attached hydrogens (primary N) is 1. The van der Waals surface area contributed by atoms with Gasteiger partial charge < -0.3 is 135 Å². The monoisotopic (exact) mass is 871 g/mol. The molecule has 5 aliphatic rings. The van der Waals surface area contributed by atoms with Crippen molar-refractivity contribution in [2.24, 2.45) is 5.73 Å². The third-order valence-corrected chi connectivity index (χ3v) is 10.7. The Morgan fingerprint density at radius 2 is 0.627 bits per heavy atom. The highest BCUT2D eigenvalue weighted by atomic mass is 16.8. The van der Waals surface area contributed by atoms with Crippen LogP contribution in [0.5, 0.6) is 0 Å². The molecule has 0 aromatic rings. The van der Waals surface area contributed by atoms with E-state index in [0.717, 1.165) is 0 Å². The molecule has 25 atom stereocenters. The third-order valence-electron chi connectivity index (χ3n) is 10.7. The second kappa shape index (κ2) is 21.5. The van der Waals surface area contributed by atoms with Crippen LogP contribution in [0.3, 0.4) is 0 Å². The summed E-state index contributed by atoms with van der Waals surface area (Å²) in [5.74, 6) is 0. The van der Waals surface area contributed by atoms with Crippen LogP contribution in [0.25, 0.3) is 0 Å². The minimum Gasteiger partial charge on any atom is -0.394 e. The predicted octanol–water partition coefficient (Wildman–Crippen LogP) is -11.9. The van der Waals surface area contributed by atoms with E-state index in [9.17, 15) is 81.7 Å². The van der Waals surface area contributed by atoms with Crippen molar-refractivity contribution in [3.8, 4) is 0 Å². The Kier molecular flexibility index (Phi) is 17.9. The fraction of sp³-hybridized carbons (Fsp3) is 1.00. The van der Waals surface area contributed by atoms with Crippen LogP contribution in [0.15, 0.2) is 0 Å². The zero-order chi connectivity index (χ0) is 43.5. The quantitative estimate of drug-likeness (QED) is 0.0684. The first kappa shape index (κ1) is 48.9. The zero-order valence-electron chi connectivity index (χ0n) is 31.2. The molecule has 27 heteroatoms. The molecule has 0 bridgehead atoms. The smallest absolute Gasteiger partial charge is 0.187 e. The molecule has 0 radical (unpaired) electrons. The number of aliphatic hydroxyl groups is 16. The highest BCUT2D eigenvalue weighted by Gasteiger charge is 2.57. The molecule has 0 aliphatic carbocycles. The summed E-state index contributed by atoms with van der Waals surface area (Å²) >= 11 is 0. The lowest BCUT2D eigenvalue weighted by Crippen LogP contribution is -2.68. The summed E-state index contributed by atoms with van der Waals surface area (Å²) in [6, 6.07) is 0. The van der Waals surface area contributed by atoms with Crippen LogP contribution in [-0.4, -0.2) is 281 Å². The lowest BCUT2D eigenvalue weighted by molar-refractivity contribution is -0.407. The van der Waals surface area contributed by atoms with Crippen LogP contribution in [0, 0.1) is 0 Å². The van der Waals surface area contributed by atoms with Crippen molar-refractivity contribution in [2.45, 2.75) is 154 Å². The second-order valence-corrected chi connectivity index (χ2v) is 14.6. The van der Waals surface area contributed by atoms with Gasteiger partial charge in [0.05, 0.1) is 39.6 Å². The predicted molar refractivity (Wildman–Crippen MR) is 179 cm³/mol. The normalized spacial score (nSPS) is 51.1. The van der Waals surface area contributed by atoms with Crippen molar-refractivity contribution in [1.82, 2.24) is 0 Å². The van der Waals surface area contributed by atoms with Crippen LogP contribution in [0.4, 0.5) is 0 Å². The van der Waals surface area contributed by atoms with Gasteiger partial charge in [-0.2, -0.15) is 0 Å². The molecule has 59 heavy (non-hydrogen) atoms. The molecule has 5 rings (SSSR count). The van der Waals surface area contributed by atoms with Gasteiger partial charge in [0, 0.05) is 6.54 Å². The maximum Gasteiger partial charge on any atom is 0.187 e. The van der Waals surface area contributed by atoms with E-state index in [1.165, 1.54) is 0 Å². The molecule has 0 amide bonds. The van der Waals surface area contributed by atoms with Crippen LogP contribution >= 0.6 is 0 Å². The minimum absolute atomic E-state index is 0.00977. The van der Waals surface area contributed by atoms with Gasteiger partial charge in [-0.15, -0.1) is 0 Å². The fourth-order valence-electron chi connectivity index (χ4n) is 7.28. The van der Waals surface area contributed by atoms with E-state index < -0.39 is 187 Å². The molecular formula is C32H57NO26. The van der Waals surface area contributed by atoms with Gasteiger partial charge in [0.1, 0.15) is 122 Å². The van der Waals surface area contributed by atoms with Gasteiger partial charge in [-0.25, -0.2) is 0 Å². The van der Waals surface area contributed by atoms with E-state index >= 15 is 0 Å². The van der Waals surface area contributed by atoms with E-state index in [4.69, 9.17) is 53.1 Å². The minimum atomic E-state index is -2.14. The molecule has 18 N–H and O–H groups in total. The van der Waals surface area contributed by atoms with Crippen LogP contribution in [-0.2, 0) is 47.4 Å². The van der Waals surface area contributed by atoms with E-state index in [-0.39, 0.29) is 13.2 Å². The van der Waals surface area contributed by atoms with Crippen molar-refractivity contribution in [3.05, 3.63) is 0 Å². The van der Waals surface area contributed by atoms with Crippen molar-refractivity contribution >= 4 is 0 Å². The average Bonchev–Trinajstić information content (AvgIpc) is 3.23. The van der Waals surface area contributed by atoms with Gasteiger partial charge in [0.15, 0.2) is 31.5 Å². The molecule has 5 fully saturated rings. The van der Waals surface area contributed by atoms with Gasteiger partial charge >= 0.3 is 0 Å². The molecule has 5 aliphatic heterocycles. The Morgan fingerprint density at radius 3 is 1.05 bits per heavy atom. The van der Waals surface area contributed by atoms with Gasteiger partial charge in [-0.05, 0) is 0 Å². The molecular weight excluding hydrogens is 814 g/mol.